The van der Waals surface area contributed by atoms with Crippen molar-refractivity contribution in [2.45, 2.75) is 33.1 Å². The second-order valence-electron chi connectivity index (χ2n) is 5.56. The van der Waals surface area contributed by atoms with Crippen LogP contribution in [0.5, 0.6) is 0 Å². The molecular formula is C15H22N2. The first-order valence-corrected chi connectivity index (χ1v) is 6.37. The van der Waals surface area contributed by atoms with Gasteiger partial charge in [-0.2, -0.15) is 0 Å². The van der Waals surface area contributed by atoms with E-state index in [1.54, 1.807) is 0 Å². The largest absolute Gasteiger partial charge is 0.361 e. The molecule has 0 unspecified atom stereocenters. The highest BCUT2D eigenvalue weighted by molar-refractivity contribution is 5.82. The van der Waals surface area contributed by atoms with Gasteiger partial charge in [-0.1, -0.05) is 32.0 Å². The molecule has 17 heavy (non-hydrogen) atoms. The van der Waals surface area contributed by atoms with Gasteiger partial charge >= 0.3 is 0 Å². The minimum absolute atomic E-state index is 0.340. The third-order valence-electron chi connectivity index (χ3n) is 3.57. The smallest absolute Gasteiger partial charge is 0.0456 e. The van der Waals surface area contributed by atoms with Gasteiger partial charge in [0.1, 0.15) is 0 Å². The van der Waals surface area contributed by atoms with Crippen molar-refractivity contribution >= 4 is 10.9 Å². The minimum atomic E-state index is 0.340. The van der Waals surface area contributed by atoms with Gasteiger partial charge in [0.2, 0.25) is 0 Å². The molecule has 0 atom stereocenters. The van der Waals surface area contributed by atoms with E-state index in [2.05, 4.69) is 49.3 Å². The van der Waals surface area contributed by atoms with E-state index in [4.69, 9.17) is 5.73 Å². The Kier molecular flexibility index (Phi) is 3.53. The Hall–Kier alpha value is -1.28. The maximum absolute atomic E-state index is 5.65. The van der Waals surface area contributed by atoms with Crippen LogP contribution in [0.1, 0.15) is 32.3 Å². The number of H-pyrrole nitrogens is 1. The Morgan fingerprint density at radius 3 is 2.71 bits per heavy atom. The fourth-order valence-electron chi connectivity index (χ4n) is 2.33. The third kappa shape index (κ3) is 2.89. The average molecular weight is 230 g/mol. The quantitative estimate of drug-likeness (QED) is 0.811. The number of aryl methyl sites for hydroxylation is 1. The van der Waals surface area contributed by atoms with E-state index in [1.807, 2.05) is 0 Å². The highest BCUT2D eigenvalue weighted by atomic mass is 14.7. The standard InChI is InChI=1S/C15H22N2/c1-15(2,9-10-16)8-7-12-11-17-14-6-4-3-5-13(12)14/h3-6,11,17H,7-10,16H2,1-2H3. The van der Waals surface area contributed by atoms with E-state index in [0.29, 0.717) is 5.41 Å². The Labute approximate surface area is 103 Å². The molecule has 2 rings (SSSR count). The van der Waals surface area contributed by atoms with Gasteiger partial charge in [-0.3, -0.25) is 0 Å². The van der Waals surface area contributed by atoms with Crippen LogP contribution in [0.25, 0.3) is 10.9 Å². The molecule has 92 valence electrons. The number of hydrogen-bond acceptors (Lipinski definition) is 1. The van der Waals surface area contributed by atoms with Crippen molar-refractivity contribution < 1.29 is 0 Å². The molecule has 2 aromatic rings. The first-order chi connectivity index (χ1) is 8.12. The number of hydrogen-bond donors (Lipinski definition) is 2. The van der Waals surface area contributed by atoms with E-state index in [0.717, 1.165) is 19.4 Å². The SMILES string of the molecule is CC(C)(CCN)CCc1c[nH]c2ccccc12. The lowest BCUT2D eigenvalue weighted by molar-refractivity contribution is 0.314. The van der Waals surface area contributed by atoms with E-state index in [9.17, 15) is 0 Å². The zero-order valence-corrected chi connectivity index (χ0v) is 10.8. The van der Waals surface area contributed by atoms with Crippen molar-refractivity contribution in [3.8, 4) is 0 Å². The second-order valence-corrected chi connectivity index (χ2v) is 5.56. The molecule has 2 nitrogen and oxygen atoms in total. The molecule has 0 aliphatic heterocycles. The monoisotopic (exact) mass is 230 g/mol. The number of aromatic amines is 1. The highest BCUT2D eigenvalue weighted by Crippen LogP contribution is 2.28. The number of aromatic nitrogens is 1. The molecule has 0 aliphatic carbocycles. The summed E-state index contributed by atoms with van der Waals surface area (Å²) in [6.45, 7) is 5.38. The van der Waals surface area contributed by atoms with Crippen LogP contribution < -0.4 is 5.73 Å². The molecule has 0 radical (unpaired) electrons. The fourth-order valence-corrected chi connectivity index (χ4v) is 2.33. The summed E-state index contributed by atoms with van der Waals surface area (Å²) >= 11 is 0. The van der Waals surface area contributed by atoms with Gasteiger partial charge in [0, 0.05) is 17.1 Å². The Morgan fingerprint density at radius 2 is 1.94 bits per heavy atom. The van der Waals surface area contributed by atoms with Crippen molar-refractivity contribution in [2.24, 2.45) is 11.1 Å². The normalized spacial score (nSPS) is 12.2. The Morgan fingerprint density at radius 1 is 1.18 bits per heavy atom. The van der Waals surface area contributed by atoms with Crippen LogP contribution in [0.4, 0.5) is 0 Å². The van der Waals surface area contributed by atoms with E-state index >= 15 is 0 Å². The third-order valence-corrected chi connectivity index (χ3v) is 3.57. The summed E-state index contributed by atoms with van der Waals surface area (Å²) in [5, 5.41) is 1.36. The predicted octanol–water partition coefficient (Wildman–Crippen LogP) is 3.48. The van der Waals surface area contributed by atoms with Crippen LogP contribution >= 0.6 is 0 Å². The van der Waals surface area contributed by atoms with Crippen LogP contribution in [0, 0.1) is 5.41 Å². The van der Waals surface area contributed by atoms with Gasteiger partial charge in [-0.25, -0.2) is 0 Å². The van der Waals surface area contributed by atoms with Crippen LogP contribution in [0.2, 0.25) is 0 Å². The number of nitrogens with two attached hydrogens (primary N) is 1. The molecule has 0 aliphatic rings. The first kappa shape index (κ1) is 12.2. The predicted molar refractivity (Wildman–Crippen MR) is 74.1 cm³/mol. The van der Waals surface area contributed by atoms with Crippen molar-refractivity contribution in [3.63, 3.8) is 0 Å². The maximum Gasteiger partial charge on any atom is 0.0456 e. The van der Waals surface area contributed by atoms with Gasteiger partial charge in [0.15, 0.2) is 0 Å². The van der Waals surface area contributed by atoms with Crippen LogP contribution in [-0.2, 0) is 6.42 Å². The summed E-state index contributed by atoms with van der Waals surface area (Å²) < 4.78 is 0. The number of fused-ring (bicyclic) bond motifs is 1. The lowest BCUT2D eigenvalue weighted by Crippen LogP contribution is -2.17. The lowest BCUT2D eigenvalue weighted by Gasteiger charge is -2.23. The summed E-state index contributed by atoms with van der Waals surface area (Å²) in [6.07, 6.45) is 5.54. The molecule has 0 bridgehead atoms. The lowest BCUT2D eigenvalue weighted by atomic mass is 9.83. The van der Waals surface area contributed by atoms with Gasteiger partial charge in [0.25, 0.3) is 0 Å². The van der Waals surface area contributed by atoms with Crippen LogP contribution in [0.15, 0.2) is 30.5 Å². The van der Waals surface area contributed by atoms with E-state index < -0.39 is 0 Å². The van der Waals surface area contributed by atoms with Crippen molar-refractivity contribution in [1.82, 2.24) is 4.98 Å². The molecule has 0 saturated carbocycles. The molecule has 0 spiro atoms. The Bertz CT molecular complexity index is 482. The summed E-state index contributed by atoms with van der Waals surface area (Å²) in [6, 6.07) is 8.49. The van der Waals surface area contributed by atoms with E-state index in [1.165, 1.54) is 22.9 Å². The number of nitrogens with one attached hydrogen (secondary N) is 1. The highest BCUT2D eigenvalue weighted by Gasteiger charge is 2.17. The molecular weight excluding hydrogens is 208 g/mol. The zero-order chi connectivity index (χ0) is 12.3. The van der Waals surface area contributed by atoms with Gasteiger partial charge in [-0.05, 0) is 42.9 Å². The second kappa shape index (κ2) is 4.92. The zero-order valence-electron chi connectivity index (χ0n) is 10.8. The molecule has 3 N–H and O–H groups in total. The molecule has 0 amide bonds. The molecule has 1 aromatic heterocycles. The molecule has 1 heterocycles. The van der Waals surface area contributed by atoms with E-state index in [-0.39, 0.29) is 0 Å². The topological polar surface area (TPSA) is 41.8 Å². The molecule has 0 saturated heterocycles. The Balaban J connectivity index is 2.09. The summed E-state index contributed by atoms with van der Waals surface area (Å²) in [5.41, 5.74) is 8.65. The minimum Gasteiger partial charge on any atom is -0.361 e. The molecule has 2 heteroatoms. The van der Waals surface area contributed by atoms with Crippen molar-refractivity contribution in [1.29, 1.82) is 0 Å². The number of para-hydroxylation sites is 1. The van der Waals surface area contributed by atoms with Crippen molar-refractivity contribution in [2.75, 3.05) is 6.54 Å². The van der Waals surface area contributed by atoms with Crippen LogP contribution in [-0.4, -0.2) is 11.5 Å². The molecule has 1 aromatic carbocycles. The number of rotatable bonds is 5. The van der Waals surface area contributed by atoms with Gasteiger partial charge < -0.3 is 10.7 Å². The van der Waals surface area contributed by atoms with Crippen LogP contribution in [0.3, 0.4) is 0 Å². The summed E-state index contributed by atoms with van der Waals surface area (Å²) in [4.78, 5) is 3.33. The molecule has 0 fully saturated rings. The summed E-state index contributed by atoms with van der Waals surface area (Å²) in [5.74, 6) is 0. The first-order valence-electron chi connectivity index (χ1n) is 6.37. The number of benzene rings is 1. The summed E-state index contributed by atoms with van der Waals surface area (Å²) in [7, 11) is 0. The van der Waals surface area contributed by atoms with Gasteiger partial charge in [0.05, 0.1) is 0 Å². The maximum atomic E-state index is 5.65. The van der Waals surface area contributed by atoms with Gasteiger partial charge in [-0.15, -0.1) is 0 Å². The fraction of sp³-hybridized carbons (Fsp3) is 0.467. The van der Waals surface area contributed by atoms with Crippen molar-refractivity contribution in [3.05, 3.63) is 36.0 Å². The average Bonchev–Trinajstić information content (AvgIpc) is 2.70.